The molecule has 1 unspecified atom stereocenters. The molecular formula is C8H15NO3. The highest BCUT2D eigenvalue weighted by molar-refractivity contribution is 5.68. The van der Waals surface area contributed by atoms with Gasteiger partial charge in [-0.1, -0.05) is 0 Å². The van der Waals surface area contributed by atoms with Gasteiger partial charge in [0, 0.05) is 20.1 Å². The van der Waals surface area contributed by atoms with Crippen LogP contribution < -0.4 is 0 Å². The SMILES string of the molecule is COC1CCN1C(=O)OC(C)C. The molecule has 0 aromatic carbocycles. The van der Waals surface area contributed by atoms with Gasteiger partial charge in [0.15, 0.2) is 0 Å². The van der Waals surface area contributed by atoms with Crippen LogP contribution in [0.15, 0.2) is 0 Å². The number of carbonyl (C=O) groups is 1. The van der Waals surface area contributed by atoms with Crippen molar-refractivity contribution in [3.63, 3.8) is 0 Å². The molecule has 1 aliphatic heterocycles. The molecule has 0 bridgehead atoms. The predicted molar refractivity (Wildman–Crippen MR) is 43.7 cm³/mol. The van der Waals surface area contributed by atoms with Crippen molar-refractivity contribution >= 4 is 6.09 Å². The number of amides is 1. The first kappa shape index (κ1) is 9.32. The van der Waals surface area contributed by atoms with Crippen molar-refractivity contribution in [2.24, 2.45) is 0 Å². The van der Waals surface area contributed by atoms with E-state index in [1.165, 1.54) is 0 Å². The van der Waals surface area contributed by atoms with E-state index in [1.54, 1.807) is 12.0 Å². The Morgan fingerprint density at radius 3 is 2.58 bits per heavy atom. The van der Waals surface area contributed by atoms with E-state index in [9.17, 15) is 4.79 Å². The standard InChI is InChI=1S/C8H15NO3/c1-6(2)12-8(10)9-5-4-7(9)11-3/h6-7H,4-5H2,1-3H3. The second-order valence-corrected chi connectivity index (χ2v) is 3.10. The summed E-state index contributed by atoms with van der Waals surface area (Å²) in [6, 6.07) is 0. The number of ether oxygens (including phenoxy) is 2. The number of rotatable bonds is 2. The highest BCUT2D eigenvalue weighted by Crippen LogP contribution is 2.18. The molecule has 0 radical (unpaired) electrons. The molecule has 0 aromatic heterocycles. The molecule has 1 fully saturated rings. The summed E-state index contributed by atoms with van der Waals surface area (Å²) in [5, 5.41) is 0. The van der Waals surface area contributed by atoms with Gasteiger partial charge in [0.2, 0.25) is 0 Å². The van der Waals surface area contributed by atoms with Crippen LogP contribution in [-0.2, 0) is 9.47 Å². The molecule has 0 aliphatic carbocycles. The van der Waals surface area contributed by atoms with Gasteiger partial charge in [0.05, 0.1) is 6.10 Å². The number of likely N-dealkylation sites (tertiary alicyclic amines) is 1. The van der Waals surface area contributed by atoms with Gasteiger partial charge in [-0.25, -0.2) is 4.79 Å². The molecule has 0 N–H and O–H groups in total. The first-order valence-electron chi connectivity index (χ1n) is 4.15. The van der Waals surface area contributed by atoms with Crippen molar-refractivity contribution in [3.05, 3.63) is 0 Å². The third kappa shape index (κ3) is 1.88. The van der Waals surface area contributed by atoms with Crippen molar-refractivity contribution < 1.29 is 14.3 Å². The molecule has 12 heavy (non-hydrogen) atoms. The molecular weight excluding hydrogens is 158 g/mol. The Morgan fingerprint density at radius 2 is 2.25 bits per heavy atom. The quantitative estimate of drug-likeness (QED) is 0.630. The van der Waals surface area contributed by atoms with E-state index in [0.29, 0.717) is 0 Å². The summed E-state index contributed by atoms with van der Waals surface area (Å²) in [6.45, 7) is 4.41. The fraction of sp³-hybridized carbons (Fsp3) is 0.875. The molecule has 1 aliphatic rings. The van der Waals surface area contributed by atoms with Crippen LogP contribution >= 0.6 is 0 Å². The van der Waals surface area contributed by atoms with Crippen LogP contribution in [0.4, 0.5) is 4.79 Å². The third-order valence-corrected chi connectivity index (χ3v) is 1.81. The highest BCUT2D eigenvalue weighted by Gasteiger charge is 2.33. The number of nitrogens with zero attached hydrogens (tertiary/aromatic N) is 1. The monoisotopic (exact) mass is 173 g/mol. The Labute approximate surface area is 72.4 Å². The van der Waals surface area contributed by atoms with Crippen LogP contribution in [-0.4, -0.2) is 37.0 Å². The van der Waals surface area contributed by atoms with E-state index in [4.69, 9.17) is 9.47 Å². The lowest BCUT2D eigenvalue weighted by Crippen LogP contribution is -2.52. The van der Waals surface area contributed by atoms with E-state index in [-0.39, 0.29) is 18.4 Å². The predicted octanol–water partition coefficient (Wildman–Crippen LogP) is 1.21. The molecule has 1 heterocycles. The van der Waals surface area contributed by atoms with Crippen molar-refractivity contribution in [1.29, 1.82) is 0 Å². The minimum Gasteiger partial charge on any atom is -0.447 e. The van der Waals surface area contributed by atoms with Crippen molar-refractivity contribution in [2.45, 2.75) is 32.6 Å². The largest absolute Gasteiger partial charge is 0.447 e. The Bertz CT molecular complexity index is 168. The van der Waals surface area contributed by atoms with Gasteiger partial charge in [-0.3, -0.25) is 4.90 Å². The lowest BCUT2D eigenvalue weighted by molar-refractivity contribution is -0.0918. The fourth-order valence-corrected chi connectivity index (χ4v) is 1.09. The molecule has 1 amide bonds. The third-order valence-electron chi connectivity index (χ3n) is 1.81. The van der Waals surface area contributed by atoms with Gasteiger partial charge < -0.3 is 9.47 Å². The van der Waals surface area contributed by atoms with Gasteiger partial charge in [-0.05, 0) is 13.8 Å². The molecule has 4 heteroatoms. The summed E-state index contributed by atoms with van der Waals surface area (Å²) < 4.78 is 10.0. The van der Waals surface area contributed by atoms with Crippen LogP contribution in [0.2, 0.25) is 0 Å². The first-order chi connectivity index (χ1) is 5.65. The van der Waals surface area contributed by atoms with Crippen molar-refractivity contribution in [2.75, 3.05) is 13.7 Å². The lowest BCUT2D eigenvalue weighted by Gasteiger charge is -2.38. The molecule has 0 aromatic rings. The average molecular weight is 173 g/mol. The van der Waals surface area contributed by atoms with E-state index < -0.39 is 0 Å². The van der Waals surface area contributed by atoms with Crippen LogP contribution in [0.3, 0.4) is 0 Å². The van der Waals surface area contributed by atoms with E-state index in [1.807, 2.05) is 13.8 Å². The minimum absolute atomic E-state index is 0.0596. The smallest absolute Gasteiger partial charge is 0.412 e. The summed E-state index contributed by atoms with van der Waals surface area (Å²) >= 11 is 0. The zero-order chi connectivity index (χ0) is 9.14. The van der Waals surface area contributed by atoms with Gasteiger partial charge in [-0.15, -0.1) is 0 Å². The molecule has 4 nitrogen and oxygen atoms in total. The molecule has 70 valence electrons. The second-order valence-electron chi connectivity index (χ2n) is 3.10. The van der Waals surface area contributed by atoms with E-state index >= 15 is 0 Å². The highest BCUT2D eigenvalue weighted by atomic mass is 16.6. The van der Waals surface area contributed by atoms with E-state index in [2.05, 4.69) is 0 Å². The van der Waals surface area contributed by atoms with Crippen molar-refractivity contribution in [1.82, 2.24) is 4.90 Å². The zero-order valence-electron chi connectivity index (χ0n) is 7.74. The van der Waals surface area contributed by atoms with Crippen LogP contribution in [0, 0.1) is 0 Å². The normalized spacial score (nSPS) is 22.3. The van der Waals surface area contributed by atoms with E-state index in [0.717, 1.165) is 13.0 Å². The first-order valence-corrected chi connectivity index (χ1v) is 4.15. The lowest BCUT2D eigenvalue weighted by atomic mass is 10.2. The molecule has 0 saturated carbocycles. The molecule has 1 saturated heterocycles. The number of hydrogen-bond donors (Lipinski definition) is 0. The second kappa shape index (κ2) is 3.76. The Balaban J connectivity index is 2.32. The summed E-state index contributed by atoms with van der Waals surface area (Å²) in [4.78, 5) is 12.8. The van der Waals surface area contributed by atoms with Crippen LogP contribution in [0.5, 0.6) is 0 Å². The maximum absolute atomic E-state index is 11.2. The molecule has 1 atom stereocenters. The average Bonchev–Trinajstić information content (AvgIpc) is 1.83. The maximum Gasteiger partial charge on any atom is 0.412 e. The van der Waals surface area contributed by atoms with Crippen molar-refractivity contribution in [3.8, 4) is 0 Å². The fourth-order valence-electron chi connectivity index (χ4n) is 1.09. The summed E-state index contributed by atoms with van der Waals surface area (Å²) in [5.74, 6) is 0. The Kier molecular flexibility index (Phi) is 2.92. The number of methoxy groups -OCH3 is 1. The maximum atomic E-state index is 11.2. The topological polar surface area (TPSA) is 38.8 Å². The van der Waals surface area contributed by atoms with Crippen LogP contribution in [0.1, 0.15) is 20.3 Å². The molecule has 1 rings (SSSR count). The molecule has 0 spiro atoms. The van der Waals surface area contributed by atoms with Gasteiger partial charge in [0.25, 0.3) is 0 Å². The zero-order valence-corrected chi connectivity index (χ0v) is 7.74. The van der Waals surface area contributed by atoms with Crippen LogP contribution in [0.25, 0.3) is 0 Å². The van der Waals surface area contributed by atoms with Gasteiger partial charge in [0.1, 0.15) is 6.23 Å². The Morgan fingerprint density at radius 1 is 1.58 bits per heavy atom. The number of hydrogen-bond acceptors (Lipinski definition) is 3. The number of carbonyl (C=O) groups excluding carboxylic acids is 1. The Hall–Kier alpha value is -0.770. The van der Waals surface area contributed by atoms with Gasteiger partial charge in [-0.2, -0.15) is 0 Å². The minimum atomic E-state index is -0.275. The van der Waals surface area contributed by atoms with Gasteiger partial charge >= 0.3 is 6.09 Å². The summed E-state index contributed by atoms with van der Waals surface area (Å²) in [7, 11) is 1.60. The summed E-state index contributed by atoms with van der Waals surface area (Å²) in [5.41, 5.74) is 0. The summed E-state index contributed by atoms with van der Waals surface area (Å²) in [6.07, 6.45) is 0.499.